The van der Waals surface area contributed by atoms with E-state index in [0.717, 1.165) is 27.6 Å². The second-order valence-corrected chi connectivity index (χ2v) is 13.0. The Morgan fingerprint density at radius 2 is 0.740 bits per heavy atom. The van der Waals surface area contributed by atoms with E-state index in [1.54, 1.807) is 0 Å². The van der Waals surface area contributed by atoms with E-state index >= 15 is 0 Å². The Morgan fingerprint density at radius 1 is 0.280 bits per heavy atom. The molecule has 10 aromatic rings. The molecule has 0 amide bonds. The minimum atomic E-state index is 0.917. The number of rotatable bonds is 5. The summed E-state index contributed by atoms with van der Waals surface area (Å²) in [6.07, 6.45) is 0. The van der Waals surface area contributed by atoms with Crippen LogP contribution in [0, 0.1) is 0 Å². The monoisotopic (exact) mass is 637 g/mol. The number of benzene rings is 8. The first-order valence-electron chi connectivity index (χ1n) is 17.1. The zero-order valence-corrected chi connectivity index (χ0v) is 27.3. The van der Waals surface area contributed by atoms with Crippen LogP contribution in [0.2, 0.25) is 0 Å². The number of furan rings is 1. The molecule has 0 aliphatic carbocycles. The van der Waals surface area contributed by atoms with E-state index < -0.39 is 0 Å². The quantitative estimate of drug-likeness (QED) is 0.184. The average molecular weight is 638 g/mol. The summed E-state index contributed by atoms with van der Waals surface area (Å²) >= 11 is 0. The van der Waals surface area contributed by atoms with Crippen molar-refractivity contribution in [3.05, 3.63) is 188 Å². The molecule has 10 rings (SSSR count). The van der Waals surface area contributed by atoms with E-state index in [0.29, 0.717) is 0 Å². The van der Waals surface area contributed by atoms with Gasteiger partial charge >= 0.3 is 0 Å². The molecular weight excluding hydrogens is 607 g/mol. The van der Waals surface area contributed by atoms with Gasteiger partial charge in [0.25, 0.3) is 0 Å². The first-order chi connectivity index (χ1) is 24.8. The fraction of sp³-hybridized carbons (Fsp3) is 0. The molecule has 234 valence electrons. The Bertz CT molecular complexity index is 2740. The highest BCUT2D eigenvalue weighted by Gasteiger charge is 2.16. The van der Waals surface area contributed by atoms with Crippen molar-refractivity contribution in [2.75, 3.05) is 0 Å². The third-order valence-corrected chi connectivity index (χ3v) is 10.0. The fourth-order valence-corrected chi connectivity index (χ4v) is 7.50. The normalized spacial score (nSPS) is 11.6. The number of aromatic nitrogens is 1. The molecule has 2 heteroatoms. The number of para-hydroxylation sites is 1. The van der Waals surface area contributed by atoms with Crippen molar-refractivity contribution >= 4 is 43.7 Å². The van der Waals surface area contributed by atoms with E-state index in [1.807, 2.05) is 12.1 Å². The van der Waals surface area contributed by atoms with Crippen molar-refractivity contribution in [3.8, 4) is 50.2 Å². The zero-order chi connectivity index (χ0) is 33.0. The maximum atomic E-state index is 6.07. The van der Waals surface area contributed by atoms with Gasteiger partial charge in [-0.1, -0.05) is 146 Å². The lowest BCUT2D eigenvalue weighted by molar-refractivity contribution is 0.669. The summed E-state index contributed by atoms with van der Waals surface area (Å²) in [6.45, 7) is 0. The molecule has 0 fully saturated rings. The van der Waals surface area contributed by atoms with Crippen LogP contribution in [0.1, 0.15) is 0 Å². The van der Waals surface area contributed by atoms with Gasteiger partial charge in [0.15, 0.2) is 0 Å². The molecule has 0 aliphatic heterocycles. The van der Waals surface area contributed by atoms with E-state index in [4.69, 9.17) is 4.42 Å². The highest BCUT2D eigenvalue weighted by molar-refractivity contribution is 6.11. The molecule has 50 heavy (non-hydrogen) atoms. The van der Waals surface area contributed by atoms with E-state index in [9.17, 15) is 0 Å². The summed E-state index contributed by atoms with van der Waals surface area (Å²) < 4.78 is 8.51. The summed E-state index contributed by atoms with van der Waals surface area (Å²) in [7, 11) is 0. The van der Waals surface area contributed by atoms with Crippen LogP contribution in [0.5, 0.6) is 0 Å². The van der Waals surface area contributed by atoms with Crippen molar-refractivity contribution in [1.82, 2.24) is 4.57 Å². The Morgan fingerprint density at radius 3 is 1.38 bits per heavy atom. The summed E-state index contributed by atoms with van der Waals surface area (Å²) in [6, 6.07) is 67.6. The van der Waals surface area contributed by atoms with E-state index in [2.05, 4.69) is 180 Å². The molecule has 0 spiro atoms. The van der Waals surface area contributed by atoms with Crippen molar-refractivity contribution in [1.29, 1.82) is 0 Å². The molecule has 8 aromatic carbocycles. The van der Waals surface area contributed by atoms with Gasteiger partial charge in [-0.2, -0.15) is 0 Å². The summed E-state index contributed by atoms with van der Waals surface area (Å²) in [5.74, 6) is 0. The Labute approximate surface area is 290 Å². The topological polar surface area (TPSA) is 18.1 Å². The number of nitrogens with zero attached hydrogens (tertiary/aromatic N) is 1. The number of hydrogen-bond acceptors (Lipinski definition) is 1. The second kappa shape index (κ2) is 11.5. The van der Waals surface area contributed by atoms with E-state index in [-0.39, 0.29) is 0 Å². The number of hydrogen-bond donors (Lipinski definition) is 0. The minimum absolute atomic E-state index is 0.917. The molecule has 2 aromatic heterocycles. The highest BCUT2D eigenvalue weighted by atomic mass is 16.3. The standard InChI is InChI=1S/C48H31NO/c1-3-10-32(11-4-1)38-22-25-41-42-26-23-39(33-12-5-2-6-13-33)31-46(42)49(45(41)30-38)40-15-9-14-36(28-40)34-18-20-35(21-19-34)37-24-27-48-44(29-37)43-16-7-8-17-47(43)50-48/h1-31H. The third kappa shape index (κ3) is 4.73. The van der Waals surface area contributed by atoms with Gasteiger partial charge in [0.2, 0.25) is 0 Å². The van der Waals surface area contributed by atoms with Crippen LogP contribution < -0.4 is 0 Å². The summed E-state index contributed by atoms with van der Waals surface area (Å²) in [5, 5.41) is 4.79. The first kappa shape index (κ1) is 28.4. The molecule has 0 N–H and O–H groups in total. The second-order valence-electron chi connectivity index (χ2n) is 13.0. The van der Waals surface area contributed by atoms with Crippen molar-refractivity contribution in [3.63, 3.8) is 0 Å². The Kier molecular flexibility index (Phi) is 6.53. The summed E-state index contributed by atoms with van der Waals surface area (Å²) in [5.41, 5.74) is 14.9. The van der Waals surface area contributed by atoms with Crippen LogP contribution in [0.25, 0.3) is 93.9 Å². The molecular formula is C48H31NO. The fourth-order valence-electron chi connectivity index (χ4n) is 7.50. The van der Waals surface area contributed by atoms with Crippen molar-refractivity contribution < 1.29 is 4.42 Å². The van der Waals surface area contributed by atoms with Crippen LogP contribution in [0.4, 0.5) is 0 Å². The lowest BCUT2D eigenvalue weighted by Crippen LogP contribution is -1.95. The molecule has 0 aliphatic rings. The van der Waals surface area contributed by atoms with Gasteiger partial charge in [-0.15, -0.1) is 0 Å². The van der Waals surface area contributed by atoms with Gasteiger partial charge in [0, 0.05) is 27.2 Å². The molecule has 0 saturated carbocycles. The molecule has 0 bridgehead atoms. The van der Waals surface area contributed by atoms with Crippen LogP contribution >= 0.6 is 0 Å². The van der Waals surface area contributed by atoms with Crippen molar-refractivity contribution in [2.45, 2.75) is 0 Å². The molecule has 0 unspecified atom stereocenters. The molecule has 2 nitrogen and oxygen atoms in total. The maximum Gasteiger partial charge on any atom is 0.135 e. The first-order valence-corrected chi connectivity index (χ1v) is 17.1. The van der Waals surface area contributed by atoms with Gasteiger partial charge in [-0.05, 0) is 87.0 Å². The Hall–Kier alpha value is -6.64. The predicted molar refractivity (Wildman–Crippen MR) is 210 cm³/mol. The average Bonchev–Trinajstić information content (AvgIpc) is 3.73. The van der Waals surface area contributed by atoms with E-state index in [1.165, 1.54) is 66.3 Å². The lowest BCUT2D eigenvalue weighted by Gasteiger charge is -2.12. The lowest BCUT2D eigenvalue weighted by atomic mass is 9.99. The molecule has 0 radical (unpaired) electrons. The largest absolute Gasteiger partial charge is 0.456 e. The van der Waals surface area contributed by atoms with Gasteiger partial charge in [0.05, 0.1) is 11.0 Å². The summed E-state index contributed by atoms with van der Waals surface area (Å²) in [4.78, 5) is 0. The van der Waals surface area contributed by atoms with Crippen molar-refractivity contribution in [2.24, 2.45) is 0 Å². The smallest absolute Gasteiger partial charge is 0.135 e. The third-order valence-electron chi connectivity index (χ3n) is 10.0. The van der Waals surface area contributed by atoms with Gasteiger partial charge in [0.1, 0.15) is 11.2 Å². The predicted octanol–water partition coefficient (Wildman–Crippen LogP) is 13.4. The molecule has 2 heterocycles. The minimum Gasteiger partial charge on any atom is -0.456 e. The molecule has 0 atom stereocenters. The highest BCUT2D eigenvalue weighted by Crippen LogP contribution is 2.38. The maximum absolute atomic E-state index is 6.07. The van der Waals surface area contributed by atoms with Gasteiger partial charge in [-0.25, -0.2) is 0 Å². The van der Waals surface area contributed by atoms with Gasteiger partial charge < -0.3 is 8.98 Å². The van der Waals surface area contributed by atoms with Crippen LogP contribution in [0.15, 0.2) is 192 Å². The van der Waals surface area contributed by atoms with Crippen LogP contribution in [-0.2, 0) is 0 Å². The zero-order valence-electron chi connectivity index (χ0n) is 27.3. The molecule has 0 saturated heterocycles. The van der Waals surface area contributed by atoms with Crippen LogP contribution in [-0.4, -0.2) is 4.57 Å². The Balaban J connectivity index is 1.09. The number of fused-ring (bicyclic) bond motifs is 6. The van der Waals surface area contributed by atoms with Gasteiger partial charge in [-0.3, -0.25) is 0 Å². The SMILES string of the molecule is c1ccc(-c2ccc3c4ccc(-c5ccccc5)cc4n(-c4cccc(-c5ccc(-c6ccc7oc8ccccc8c7c6)cc5)c4)c3c2)cc1. The van der Waals surface area contributed by atoms with Crippen LogP contribution in [0.3, 0.4) is 0 Å².